The van der Waals surface area contributed by atoms with Gasteiger partial charge < -0.3 is 10.2 Å². The first kappa shape index (κ1) is 32.9. The first-order chi connectivity index (χ1) is 22.2. The highest BCUT2D eigenvalue weighted by Gasteiger charge is 2.35. The van der Waals surface area contributed by atoms with E-state index in [1.165, 1.54) is 12.1 Å². The van der Waals surface area contributed by atoms with Gasteiger partial charge in [0.15, 0.2) is 0 Å². The molecule has 0 aliphatic heterocycles. The molecule has 0 aromatic heterocycles. The number of carbonyl (C=O) groups excluding carboxylic acids is 2. The van der Waals surface area contributed by atoms with E-state index in [0.29, 0.717) is 12.1 Å². The fourth-order valence-electron chi connectivity index (χ4n) is 5.95. The summed E-state index contributed by atoms with van der Waals surface area (Å²) in [6, 6.07) is 31.9. The summed E-state index contributed by atoms with van der Waals surface area (Å²) in [5.74, 6) is -0.676. The van der Waals surface area contributed by atoms with Crippen molar-refractivity contribution in [2.45, 2.75) is 75.9 Å². The molecule has 7 nitrogen and oxygen atoms in total. The zero-order valence-electron chi connectivity index (χ0n) is 26.6. The molecule has 0 spiro atoms. The third-order valence-electron chi connectivity index (χ3n) is 8.63. The fraction of sp³-hybridized carbons (Fsp3) is 0.316. The van der Waals surface area contributed by atoms with E-state index in [-0.39, 0.29) is 23.4 Å². The maximum Gasteiger partial charge on any atom is 0.264 e. The predicted molar refractivity (Wildman–Crippen MR) is 183 cm³/mol. The molecule has 0 unspecified atom stereocenters. The minimum atomic E-state index is -4.12. The number of nitrogens with zero attached hydrogens (tertiary/aromatic N) is 2. The maximum atomic E-state index is 14.6. The average molecular weight is 638 g/mol. The van der Waals surface area contributed by atoms with E-state index >= 15 is 0 Å². The molecule has 0 heterocycles. The summed E-state index contributed by atoms with van der Waals surface area (Å²) in [6.45, 7) is 3.61. The Morgan fingerprint density at radius 3 is 1.91 bits per heavy atom. The number of rotatable bonds is 12. The van der Waals surface area contributed by atoms with Crippen LogP contribution in [0.5, 0.6) is 0 Å². The van der Waals surface area contributed by atoms with Crippen molar-refractivity contribution in [1.82, 2.24) is 10.2 Å². The highest BCUT2D eigenvalue weighted by atomic mass is 32.2. The molecule has 2 amide bonds. The third-order valence-corrected chi connectivity index (χ3v) is 10.4. The summed E-state index contributed by atoms with van der Waals surface area (Å²) in [5, 5.41) is 3.25. The summed E-state index contributed by atoms with van der Waals surface area (Å²) in [4.78, 5) is 30.4. The van der Waals surface area contributed by atoms with Gasteiger partial charge in [0.25, 0.3) is 10.0 Å². The number of hydrogen-bond donors (Lipinski definition) is 1. The van der Waals surface area contributed by atoms with Crippen LogP contribution in [-0.2, 0) is 32.6 Å². The van der Waals surface area contributed by atoms with Crippen LogP contribution in [0.4, 0.5) is 5.69 Å². The molecule has 1 saturated carbocycles. The van der Waals surface area contributed by atoms with Crippen molar-refractivity contribution < 1.29 is 18.0 Å². The minimum absolute atomic E-state index is 0.0540. The second-order valence-corrected chi connectivity index (χ2v) is 14.1. The van der Waals surface area contributed by atoms with Crippen molar-refractivity contribution in [3.05, 3.63) is 131 Å². The molecule has 4 aromatic rings. The number of aryl methyl sites for hydroxylation is 2. The molecule has 46 heavy (non-hydrogen) atoms. The van der Waals surface area contributed by atoms with E-state index in [9.17, 15) is 18.0 Å². The Kier molecular flexibility index (Phi) is 10.9. The highest BCUT2D eigenvalue weighted by Crippen LogP contribution is 2.26. The smallest absolute Gasteiger partial charge is 0.264 e. The number of sulfonamides is 1. The maximum absolute atomic E-state index is 14.6. The van der Waals surface area contributed by atoms with Crippen LogP contribution in [0.15, 0.2) is 114 Å². The van der Waals surface area contributed by atoms with Crippen LogP contribution in [0.3, 0.4) is 0 Å². The summed E-state index contributed by atoms with van der Waals surface area (Å²) in [5.41, 5.74) is 4.20. The minimum Gasteiger partial charge on any atom is -0.352 e. The van der Waals surface area contributed by atoms with E-state index in [2.05, 4.69) is 5.32 Å². The van der Waals surface area contributed by atoms with Gasteiger partial charge in [-0.15, -0.1) is 0 Å². The van der Waals surface area contributed by atoms with Gasteiger partial charge in [-0.2, -0.15) is 0 Å². The van der Waals surface area contributed by atoms with Gasteiger partial charge in [-0.3, -0.25) is 13.9 Å². The monoisotopic (exact) mass is 637 g/mol. The first-order valence-corrected chi connectivity index (χ1v) is 17.5. The van der Waals surface area contributed by atoms with Crippen molar-refractivity contribution >= 4 is 27.5 Å². The van der Waals surface area contributed by atoms with E-state index in [4.69, 9.17) is 0 Å². The number of benzene rings is 4. The lowest BCUT2D eigenvalue weighted by Gasteiger charge is -2.35. The Balaban J connectivity index is 1.55. The second-order valence-electron chi connectivity index (χ2n) is 12.2. The van der Waals surface area contributed by atoms with Crippen molar-refractivity contribution in [2.75, 3.05) is 10.8 Å². The molecule has 8 heteroatoms. The summed E-state index contributed by atoms with van der Waals surface area (Å²) in [7, 11) is -4.12. The summed E-state index contributed by atoms with van der Waals surface area (Å²) in [6.07, 6.45) is 5.39. The SMILES string of the molecule is Cc1ccc(CN(C(=O)CN(c2ccc(C)cc2)S(=O)(=O)c2ccccc2)[C@@H](Cc2ccccc2)C(=O)NC2CCCCC2)cc1. The van der Waals surface area contributed by atoms with Crippen LogP contribution in [0.2, 0.25) is 0 Å². The van der Waals surface area contributed by atoms with Crippen molar-refractivity contribution in [3.63, 3.8) is 0 Å². The largest absolute Gasteiger partial charge is 0.352 e. The van der Waals surface area contributed by atoms with Crippen molar-refractivity contribution in [3.8, 4) is 0 Å². The zero-order chi connectivity index (χ0) is 32.5. The lowest BCUT2D eigenvalue weighted by molar-refractivity contribution is -0.140. The van der Waals surface area contributed by atoms with E-state index in [1.54, 1.807) is 35.2 Å². The Labute approximate surface area is 273 Å². The van der Waals surface area contributed by atoms with Gasteiger partial charge in [0.2, 0.25) is 11.8 Å². The van der Waals surface area contributed by atoms with E-state index < -0.39 is 28.5 Å². The van der Waals surface area contributed by atoms with Crippen LogP contribution in [-0.4, -0.2) is 43.8 Å². The van der Waals surface area contributed by atoms with Gasteiger partial charge in [-0.25, -0.2) is 8.42 Å². The van der Waals surface area contributed by atoms with Gasteiger partial charge in [-0.05, 0) is 62.1 Å². The molecule has 1 atom stereocenters. The molecule has 5 rings (SSSR count). The lowest BCUT2D eigenvalue weighted by Crippen LogP contribution is -2.55. The number of hydrogen-bond acceptors (Lipinski definition) is 4. The summed E-state index contributed by atoms with van der Waals surface area (Å²) < 4.78 is 29.4. The van der Waals surface area contributed by atoms with Gasteiger partial charge in [-0.1, -0.05) is 115 Å². The number of carbonyl (C=O) groups is 2. The van der Waals surface area contributed by atoms with Crippen LogP contribution >= 0.6 is 0 Å². The van der Waals surface area contributed by atoms with Gasteiger partial charge in [0, 0.05) is 19.0 Å². The molecule has 0 bridgehead atoms. The standard InChI is InChI=1S/C38H43N3O4S/c1-29-18-22-32(23-19-29)27-40(36(26-31-12-6-3-7-13-31)38(43)39-33-14-8-4-9-15-33)37(42)28-41(34-24-20-30(2)21-25-34)46(44,45)35-16-10-5-11-17-35/h3,5-7,10-13,16-25,33,36H,4,8-9,14-15,26-28H2,1-2H3,(H,39,43)/t36-/m0/s1. The van der Waals surface area contributed by atoms with Crippen LogP contribution in [0.25, 0.3) is 0 Å². The lowest BCUT2D eigenvalue weighted by atomic mass is 9.94. The van der Waals surface area contributed by atoms with Gasteiger partial charge in [0.05, 0.1) is 10.6 Å². The molecule has 1 aliphatic carbocycles. The van der Waals surface area contributed by atoms with Crippen molar-refractivity contribution in [2.24, 2.45) is 0 Å². The molecular weight excluding hydrogens is 595 g/mol. The molecule has 0 saturated heterocycles. The van der Waals surface area contributed by atoms with Gasteiger partial charge >= 0.3 is 0 Å². The van der Waals surface area contributed by atoms with E-state index in [0.717, 1.165) is 58.7 Å². The third kappa shape index (κ3) is 8.43. The molecule has 4 aromatic carbocycles. The van der Waals surface area contributed by atoms with E-state index in [1.807, 2.05) is 80.6 Å². The highest BCUT2D eigenvalue weighted by molar-refractivity contribution is 7.92. The van der Waals surface area contributed by atoms with Crippen LogP contribution in [0, 0.1) is 13.8 Å². The fourth-order valence-corrected chi connectivity index (χ4v) is 7.38. The number of anilines is 1. The second kappa shape index (κ2) is 15.2. The molecule has 1 N–H and O–H groups in total. The normalized spacial score (nSPS) is 14.3. The molecule has 240 valence electrons. The Bertz CT molecular complexity index is 1690. The number of amides is 2. The first-order valence-electron chi connectivity index (χ1n) is 16.0. The zero-order valence-corrected chi connectivity index (χ0v) is 27.5. The quantitative estimate of drug-likeness (QED) is 0.190. The Morgan fingerprint density at radius 1 is 0.739 bits per heavy atom. The number of nitrogens with one attached hydrogen (secondary N) is 1. The molecule has 1 aliphatic rings. The molecule has 0 radical (unpaired) electrons. The molecular formula is C38H43N3O4S. The van der Waals surface area contributed by atoms with Gasteiger partial charge in [0.1, 0.15) is 12.6 Å². The molecule has 1 fully saturated rings. The van der Waals surface area contributed by atoms with Crippen molar-refractivity contribution in [1.29, 1.82) is 0 Å². The summed E-state index contributed by atoms with van der Waals surface area (Å²) >= 11 is 0. The topological polar surface area (TPSA) is 86.8 Å². The van der Waals surface area contributed by atoms with Crippen LogP contribution < -0.4 is 9.62 Å². The Hall–Kier alpha value is -4.43. The Morgan fingerprint density at radius 2 is 1.30 bits per heavy atom. The predicted octanol–water partition coefficient (Wildman–Crippen LogP) is 6.59. The average Bonchev–Trinajstić information content (AvgIpc) is 3.07. The van der Waals surface area contributed by atoms with Crippen LogP contribution in [0.1, 0.15) is 54.4 Å².